The number of rotatable bonds is 3. The van der Waals surface area contributed by atoms with E-state index in [-0.39, 0.29) is 11.5 Å². The lowest BCUT2D eigenvalue weighted by atomic mass is 10.1. The molecule has 152 valence electrons. The molecule has 1 unspecified atom stereocenters. The van der Waals surface area contributed by atoms with E-state index in [1.54, 1.807) is 0 Å². The summed E-state index contributed by atoms with van der Waals surface area (Å²) in [7, 11) is 1.88. The molecule has 30 heavy (non-hydrogen) atoms. The van der Waals surface area contributed by atoms with Crippen LogP contribution in [-0.2, 0) is 11.3 Å². The lowest BCUT2D eigenvalue weighted by molar-refractivity contribution is -0.911. The van der Waals surface area contributed by atoms with Gasteiger partial charge in [0, 0.05) is 29.0 Å². The number of carbonyl (C=O) groups excluding carboxylic acids is 1. The number of nitrogens with zero attached hydrogens (tertiary/aromatic N) is 1. The summed E-state index contributed by atoms with van der Waals surface area (Å²) in [4.78, 5) is 34.1. The monoisotopic (exact) mass is 401 g/mol. The molecule has 5 rings (SSSR count). The van der Waals surface area contributed by atoms with Gasteiger partial charge < -0.3 is 19.8 Å². The maximum absolute atomic E-state index is 12.6. The first kappa shape index (κ1) is 18.6. The molecule has 6 nitrogen and oxygen atoms in total. The molecule has 0 spiro atoms. The maximum Gasteiger partial charge on any atom is 0.257 e. The molecule has 0 aliphatic carbocycles. The van der Waals surface area contributed by atoms with E-state index < -0.39 is 0 Å². The number of aromatic amines is 2. The number of amides is 1. The molecule has 2 aromatic carbocycles. The van der Waals surface area contributed by atoms with Gasteiger partial charge in [-0.25, -0.2) is 0 Å². The number of aromatic nitrogens is 2. The molecule has 1 aliphatic heterocycles. The van der Waals surface area contributed by atoms with Crippen LogP contribution in [0.3, 0.4) is 0 Å². The molecule has 2 aromatic heterocycles. The van der Waals surface area contributed by atoms with Gasteiger partial charge in [0.05, 0.1) is 37.3 Å². The summed E-state index contributed by atoms with van der Waals surface area (Å²) < 4.78 is 0. The van der Waals surface area contributed by atoms with Gasteiger partial charge in [-0.05, 0) is 35.7 Å². The number of carbonyl (C=O) groups is 1. The number of hydrogen-bond donors (Lipinski definition) is 3. The minimum absolute atomic E-state index is 0.0942. The highest BCUT2D eigenvalue weighted by atomic mass is 16.2. The van der Waals surface area contributed by atoms with Gasteiger partial charge in [0.15, 0.2) is 0 Å². The topological polar surface area (TPSA) is 73.4 Å². The molecule has 1 saturated heterocycles. The number of hydrogen-bond acceptors (Lipinski definition) is 2. The van der Waals surface area contributed by atoms with Crippen LogP contribution in [0.15, 0.2) is 59.4 Å². The Labute approximate surface area is 174 Å². The maximum atomic E-state index is 12.6. The quantitative estimate of drug-likeness (QED) is 0.491. The van der Waals surface area contributed by atoms with Crippen molar-refractivity contribution in [2.45, 2.75) is 13.0 Å². The molecule has 3 heterocycles. The average molecular weight is 401 g/mol. The first-order valence-electron chi connectivity index (χ1n) is 10.4. The minimum Gasteiger partial charge on any atom is -0.354 e. The number of pyridine rings is 1. The predicted molar refractivity (Wildman–Crippen MR) is 119 cm³/mol. The Balaban J connectivity index is 1.44. The van der Waals surface area contributed by atoms with Gasteiger partial charge in [0.2, 0.25) is 5.91 Å². The van der Waals surface area contributed by atoms with Crippen LogP contribution in [0.2, 0.25) is 0 Å². The lowest BCUT2D eigenvalue weighted by Gasteiger charge is -2.17. The Morgan fingerprint density at radius 3 is 2.67 bits per heavy atom. The summed E-state index contributed by atoms with van der Waals surface area (Å²) in [6.45, 7) is 3.53. The number of likely N-dealkylation sites (N-methyl/N-ethyl adjacent to an activating group) is 1. The van der Waals surface area contributed by atoms with E-state index in [1.165, 1.54) is 10.5 Å². The van der Waals surface area contributed by atoms with Gasteiger partial charge in [0.25, 0.3) is 5.56 Å². The van der Waals surface area contributed by atoms with E-state index in [4.69, 9.17) is 0 Å². The molecular formula is C24H25N4O2+. The van der Waals surface area contributed by atoms with Crippen LogP contribution < -0.4 is 10.5 Å². The molecule has 1 amide bonds. The summed E-state index contributed by atoms with van der Waals surface area (Å²) >= 11 is 0. The van der Waals surface area contributed by atoms with Gasteiger partial charge in [-0.2, -0.15) is 0 Å². The lowest BCUT2D eigenvalue weighted by Crippen LogP contribution is -3.11. The Morgan fingerprint density at radius 2 is 1.77 bits per heavy atom. The fourth-order valence-electron chi connectivity index (χ4n) is 4.30. The SMILES string of the molecule is CN1CC[NH+](Cc2ccc3[nH]c(-c4cc5ccccc5[nH]c4=O)cc3c2)CCC1=O. The number of nitrogens with one attached hydrogen (secondary N) is 3. The zero-order valence-electron chi connectivity index (χ0n) is 17.0. The minimum atomic E-state index is -0.0942. The predicted octanol–water partition coefficient (Wildman–Crippen LogP) is 1.92. The summed E-state index contributed by atoms with van der Waals surface area (Å²) in [5, 5.41) is 2.10. The number of H-pyrrole nitrogens is 2. The van der Waals surface area contributed by atoms with Crippen molar-refractivity contribution in [2.24, 2.45) is 0 Å². The van der Waals surface area contributed by atoms with Crippen LogP contribution in [0, 0.1) is 0 Å². The second kappa shape index (κ2) is 7.46. The number of fused-ring (bicyclic) bond motifs is 2. The zero-order valence-corrected chi connectivity index (χ0v) is 17.0. The molecule has 3 N–H and O–H groups in total. The smallest absolute Gasteiger partial charge is 0.257 e. The average Bonchev–Trinajstić information content (AvgIpc) is 3.10. The fourth-order valence-corrected chi connectivity index (χ4v) is 4.30. The first-order valence-corrected chi connectivity index (χ1v) is 10.4. The van der Waals surface area contributed by atoms with Crippen molar-refractivity contribution in [3.63, 3.8) is 0 Å². The van der Waals surface area contributed by atoms with Crippen LogP contribution in [0.25, 0.3) is 33.1 Å². The third-order valence-corrected chi connectivity index (χ3v) is 6.10. The number of benzene rings is 2. The molecule has 6 heteroatoms. The van der Waals surface area contributed by atoms with Crippen LogP contribution in [0.4, 0.5) is 0 Å². The van der Waals surface area contributed by atoms with Gasteiger partial charge in [0.1, 0.15) is 6.54 Å². The zero-order chi connectivity index (χ0) is 20.7. The van der Waals surface area contributed by atoms with Crippen molar-refractivity contribution in [1.82, 2.24) is 14.9 Å². The Hall–Kier alpha value is -3.38. The molecule has 1 fully saturated rings. The molecule has 0 radical (unpaired) electrons. The van der Waals surface area contributed by atoms with E-state index in [1.807, 2.05) is 48.3 Å². The highest BCUT2D eigenvalue weighted by Crippen LogP contribution is 2.24. The standard InChI is InChI=1S/C24H24N4O2/c1-27-10-11-28(9-8-23(27)29)15-16-6-7-21-18(12-16)14-22(25-21)19-13-17-4-2-3-5-20(17)26-24(19)30/h2-7,12-14,25H,8-11,15H2,1H3,(H,26,30)/p+1. The third-order valence-electron chi connectivity index (χ3n) is 6.10. The molecular weight excluding hydrogens is 376 g/mol. The third kappa shape index (κ3) is 3.50. The number of quaternary nitrogens is 1. The molecule has 1 aliphatic rings. The van der Waals surface area contributed by atoms with Crippen molar-refractivity contribution >= 4 is 27.7 Å². The summed E-state index contributed by atoms with van der Waals surface area (Å²) in [6.07, 6.45) is 0.604. The van der Waals surface area contributed by atoms with E-state index in [9.17, 15) is 9.59 Å². The fraction of sp³-hybridized carbons (Fsp3) is 0.250. The molecule has 1 atom stereocenters. The molecule has 4 aromatic rings. The highest BCUT2D eigenvalue weighted by Gasteiger charge is 2.21. The van der Waals surface area contributed by atoms with E-state index in [2.05, 4.69) is 28.2 Å². The van der Waals surface area contributed by atoms with Crippen LogP contribution in [0.5, 0.6) is 0 Å². The van der Waals surface area contributed by atoms with Crippen LogP contribution >= 0.6 is 0 Å². The second-order valence-electron chi connectivity index (χ2n) is 8.20. The molecule has 0 bridgehead atoms. The van der Waals surface area contributed by atoms with E-state index >= 15 is 0 Å². The van der Waals surface area contributed by atoms with Crippen molar-refractivity contribution in [2.75, 3.05) is 26.7 Å². The van der Waals surface area contributed by atoms with Crippen molar-refractivity contribution in [1.29, 1.82) is 0 Å². The van der Waals surface area contributed by atoms with Gasteiger partial charge in [-0.1, -0.05) is 24.3 Å². The van der Waals surface area contributed by atoms with Crippen molar-refractivity contribution in [3.8, 4) is 11.3 Å². The van der Waals surface area contributed by atoms with Crippen LogP contribution in [-0.4, -0.2) is 47.5 Å². The Morgan fingerprint density at radius 1 is 0.933 bits per heavy atom. The van der Waals surface area contributed by atoms with Gasteiger partial charge in [-0.15, -0.1) is 0 Å². The highest BCUT2D eigenvalue weighted by molar-refractivity contribution is 5.89. The van der Waals surface area contributed by atoms with Gasteiger partial charge >= 0.3 is 0 Å². The number of para-hydroxylation sites is 1. The van der Waals surface area contributed by atoms with Crippen LogP contribution in [0.1, 0.15) is 12.0 Å². The molecule has 0 saturated carbocycles. The summed E-state index contributed by atoms with van der Waals surface area (Å²) in [5.41, 5.74) is 4.47. The Bertz CT molecular complexity index is 1300. The second-order valence-corrected chi connectivity index (χ2v) is 8.20. The largest absolute Gasteiger partial charge is 0.354 e. The first-order chi connectivity index (χ1) is 14.6. The van der Waals surface area contributed by atoms with Crippen molar-refractivity contribution in [3.05, 3.63) is 70.5 Å². The van der Waals surface area contributed by atoms with Gasteiger partial charge in [-0.3, -0.25) is 9.59 Å². The van der Waals surface area contributed by atoms with E-state index in [0.29, 0.717) is 12.0 Å². The summed E-state index contributed by atoms with van der Waals surface area (Å²) in [5.74, 6) is 0.233. The van der Waals surface area contributed by atoms with E-state index in [0.717, 1.165) is 53.7 Å². The summed E-state index contributed by atoms with van der Waals surface area (Å²) in [6, 6.07) is 18.2. The van der Waals surface area contributed by atoms with Crippen molar-refractivity contribution < 1.29 is 9.69 Å². The normalized spacial score (nSPS) is 17.6. The Kier molecular flexibility index (Phi) is 4.64.